The normalized spacial score (nSPS) is 8.21. The van der Waals surface area contributed by atoms with Crippen molar-refractivity contribution in [2.24, 2.45) is 0 Å². The van der Waals surface area contributed by atoms with Crippen molar-refractivity contribution < 1.29 is 9.90 Å². The summed E-state index contributed by atoms with van der Waals surface area (Å²) in [6.45, 7) is 4.48. The van der Waals surface area contributed by atoms with Crippen LogP contribution in [0.1, 0.15) is 12.8 Å². The summed E-state index contributed by atoms with van der Waals surface area (Å²) >= 11 is 0. The summed E-state index contributed by atoms with van der Waals surface area (Å²) in [5.74, 6) is -0.756. The van der Waals surface area contributed by atoms with Gasteiger partial charge in [-0.1, -0.05) is 6.58 Å². The van der Waals surface area contributed by atoms with E-state index in [0.29, 0.717) is 13.0 Å². The van der Waals surface area contributed by atoms with Gasteiger partial charge in [0.2, 0.25) is 0 Å². The Kier molecular flexibility index (Phi) is 15.3. The van der Waals surface area contributed by atoms with Crippen molar-refractivity contribution in [3.05, 3.63) is 86.2 Å². The molecular weight excluding hydrogens is 354 g/mol. The summed E-state index contributed by atoms with van der Waals surface area (Å²) in [4.78, 5) is 12.9. The first-order valence-electron chi connectivity index (χ1n) is 8.52. The van der Waals surface area contributed by atoms with Gasteiger partial charge in [-0.05, 0) is 36.4 Å². The molecule has 7 heteroatoms. The largest absolute Gasteiger partial charge is 0.481 e. The van der Waals surface area contributed by atoms with E-state index in [1.165, 1.54) is 6.08 Å². The molecule has 28 heavy (non-hydrogen) atoms. The van der Waals surface area contributed by atoms with Gasteiger partial charge in [-0.3, -0.25) is 4.79 Å². The van der Waals surface area contributed by atoms with Crippen LogP contribution >= 0.6 is 0 Å². The Labute approximate surface area is 165 Å². The first-order valence-corrected chi connectivity index (χ1v) is 8.52. The zero-order valence-corrected chi connectivity index (χ0v) is 15.7. The van der Waals surface area contributed by atoms with Gasteiger partial charge in [0.05, 0.1) is 25.0 Å². The molecule has 0 saturated carbocycles. The second-order valence-electron chi connectivity index (χ2n) is 5.11. The molecule has 146 valence electrons. The number of carboxylic acids is 1. The highest BCUT2D eigenvalue weighted by Gasteiger charge is 1.95. The van der Waals surface area contributed by atoms with Crippen LogP contribution in [-0.2, 0) is 17.9 Å². The maximum atomic E-state index is 10.1. The third-order valence-corrected chi connectivity index (χ3v) is 2.99. The number of aromatic nitrogens is 3. The van der Waals surface area contributed by atoms with Gasteiger partial charge in [0, 0.05) is 56.3 Å². The predicted molar refractivity (Wildman–Crippen MR) is 108 cm³/mol. The third-order valence-electron chi connectivity index (χ3n) is 2.99. The van der Waals surface area contributed by atoms with Gasteiger partial charge in [0.15, 0.2) is 0 Å². The van der Waals surface area contributed by atoms with Crippen molar-refractivity contribution in [2.45, 2.75) is 25.9 Å². The fourth-order valence-corrected chi connectivity index (χ4v) is 1.72. The molecule has 0 unspecified atom stereocenters. The Bertz CT molecular complexity index is 775. The number of nitrogens with one attached hydrogen (secondary N) is 1. The topological polar surface area (TPSA) is 111 Å². The first-order chi connectivity index (χ1) is 13.6. The highest BCUT2D eigenvalue weighted by atomic mass is 16.4. The molecule has 0 aliphatic rings. The van der Waals surface area contributed by atoms with Crippen molar-refractivity contribution in [3.8, 4) is 12.1 Å². The van der Waals surface area contributed by atoms with Gasteiger partial charge in [0.25, 0.3) is 0 Å². The molecule has 0 amide bonds. The number of carbonyl (C=O) groups is 1. The summed E-state index contributed by atoms with van der Waals surface area (Å²) in [5.41, 5.74) is 0. The SMILES string of the molecule is C=CC#N.N#CCCn1cccc1.O=C(O)CCn1cccc1.c1cc[nH]c1. The minimum atomic E-state index is -0.756. The maximum absolute atomic E-state index is 10.1. The smallest absolute Gasteiger partial charge is 0.305 e. The molecule has 0 radical (unpaired) electrons. The van der Waals surface area contributed by atoms with Crippen molar-refractivity contribution in [3.63, 3.8) is 0 Å². The molecule has 0 fully saturated rings. The predicted octanol–water partition coefficient (Wildman–Crippen LogP) is 4.08. The van der Waals surface area contributed by atoms with E-state index in [1.807, 2.05) is 82.7 Å². The Balaban J connectivity index is 0.000000370. The summed E-state index contributed by atoms with van der Waals surface area (Å²) in [5, 5.41) is 24.0. The molecule has 0 aliphatic carbocycles. The van der Waals surface area contributed by atoms with Gasteiger partial charge in [-0.15, -0.1) is 0 Å². The lowest BCUT2D eigenvalue weighted by Gasteiger charge is -1.96. The van der Waals surface area contributed by atoms with Crippen molar-refractivity contribution in [1.29, 1.82) is 10.5 Å². The minimum absolute atomic E-state index is 0.189. The van der Waals surface area contributed by atoms with E-state index in [0.717, 1.165) is 6.54 Å². The van der Waals surface area contributed by atoms with E-state index in [-0.39, 0.29) is 6.42 Å². The Hall–Kier alpha value is -3.97. The van der Waals surface area contributed by atoms with Crippen LogP contribution < -0.4 is 0 Å². The fourth-order valence-electron chi connectivity index (χ4n) is 1.72. The van der Waals surface area contributed by atoms with Gasteiger partial charge in [-0.25, -0.2) is 0 Å². The van der Waals surface area contributed by atoms with Gasteiger partial charge in [-0.2, -0.15) is 10.5 Å². The molecule has 0 spiro atoms. The lowest BCUT2D eigenvalue weighted by atomic mass is 10.4. The second kappa shape index (κ2) is 17.8. The average Bonchev–Trinajstić information content (AvgIpc) is 3.49. The van der Waals surface area contributed by atoms with E-state index in [1.54, 1.807) is 6.07 Å². The maximum Gasteiger partial charge on any atom is 0.305 e. The summed E-state index contributed by atoms with van der Waals surface area (Å²) < 4.78 is 3.83. The quantitative estimate of drug-likeness (QED) is 0.651. The van der Waals surface area contributed by atoms with E-state index < -0.39 is 5.97 Å². The molecule has 0 aliphatic heterocycles. The Morgan fingerprint density at radius 3 is 1.75 bits per heavy atom. The van der Waals surface area contributed by atoms with Gasteiger partial charge in [0.1, 0.15) is 0 Å². The Morgan fingerprint density at radius 2 is 1.43 bits per heavy atom. The first kappa shape index (κ1) is 24.0. The Morgan fingerprint density at radius 1 is 0.964 bits per heavy atom. The lowest BCUT2D eigenvalue weighted by molar-refractivity contribution is -0.137. The number of carboxylic acid groups (broad SMARTS) is 1. The molecule has 3 aromatic rings. The van der Waals surface area contributed by atoms with Crippen LogP contribution in [0.15, 0.2) is 86.2 Å². The van der Waals surface area contributed by atoms with Gasteiger partial charge < -0.3 is 19.2 Å². The lowest BCUT2D eigenvalue weighted by Crippen LogP contribution is -2.01. The van der Waals surface area contributed by atoms with Crippen molar-refractivity contribution in [2.75, 3.05) is 0 Å². The van der Waals surface area contributed by atoms with Crippen LogP contribution in [0.3, 0.4) is 0 Å². The number of H-pyrrole nitrogens is 1. The monoisotopic (exact) mass is 379 g/mol. The van der Waals surface area contributed by atoms with Crippen molar-refractivity contribution in [1.82, 2.24) is 14.1 Å². The molecular formula is C21H25N5O2. The molecule has 0 atom stereocenters. The number of allylic oxidation sites excluding steroid dienone is 1. The van der Waals surface area contributed by atoms with Crippen LogP contribution in [0.25, 0.3) is 0 Å². The third kappa shape index (κ3) is 15.6. The average molecular weight is 379 g/mol. The number of aryl methyl sites for hydroxylation is 2. The molecule has 0 aromatic carbocycles. The number of nitrogens with zero attached hydrogens (tertiary/aromatic N) is 4. The summed E-state index contributed by atoms with van der Waals surface area (Å²) in [6.07, 6.45) is 13.3. The van der Waals surface area contributed by atoms with Crippen molar-refractivity contribution >= 4 is 5.97 Å². The van der Waals surface area contributed by atoms with E-state index in [9.17, 15) is 4.79 Å². The van der Waals surface area contributed by atoms with Gasteiger partial charge >= 0.3 is 5.97 Å². The number of hydrogen-bond acceptors (Lipinski definition) is 3. The zero-order valence-electron chi connectivity index (χ0n) is 15.7. The van der Waals surface area contributed by atoms with E-state index >= 15 is 0 Å². The van der Waals surface area contributed by atoms with Crippen LogP contribution in [0.5, 0.6) is 0 Å². The molecule has 3 heterocycles. The van der Waals surface area contributed by atoms with Crippen LogP contribution in [0.2, 0.25) is 0 Å². The van der Waals surface area contributed by atoms with Crippen LogP contribution in [0, 0.1) is 22.7 Å². The number of aliphatic carboxylic acids is 1. The minimum Gasteiger partial charge on any atom is -0.481 e. The summed E-state index contributed by atoms with van der Waals surface area (Å²) in [7, 11) is 0. The number of aromatic amines is 1. The highest BCUT2D eigenvalue weighted by Crippen LogP contribution is 1.92. The number of nitriles is 2. The number of rotatable bonds is 5. The van der Waals surface area contributed by atoms with E-state index in [2.05, 4.69) is 17.6 Å². The highest BCUT2D eigenvalue weighted by molar-refractivity contribution is 5.66. The molecule has 2 N–H and O–H groups in total. The standard InChI is InChI=1S/C7H8N2.C7H9NO2.C4H5N.C3H3N/c8-4-3-7-9-5-1-2-6-9;9-7(10)3-6-8-4-1-2-5-8;1-2-4-5-3-1;1-2-3-4/h1-2,5-6H,3,7H2;1-2,4-5H,3,6H2,(H,9,10);1-5H;2H,1H2. The molecule has 0 bridgehead atoms. The molecule has 3 rings (SSSR count). The zero-order chi connectivity index (χ0) is 20.9. The fraction of sp³-hybridized carbons (Fsp3) is 0.190. The molecule has 7 nitrogen and oxygen atoms in total. The molecule has 0 saturated heterocycles. The van der Waals surface area contributed by atoms with E-state index in [4.69, 9.17) is 15.6 Å². The number of hydrogen-bond donors (Lipinski definition) is 2. The van der Waals surface area contributed by atoms with Crippen LogP contribution in [-0.4, -0.2) is 25.2 Å². The second-order valence-corrected chi connectivity index (χ2v) is 5.11. The van der Waals surface area contributed by atoms with Crippen LogP contribution in [0.4, 0.5) is 0 Å². The summed E-state index contributed by atoms with van der Waals surface area (Å²) in [6, 6.07) is 15.3. The molecule has 3 aromatic heterocycles.